The lowest BCUT2D eigenvalue weighted by atomic mass is 9.86. The lowest BCUT2D eigenvalue weighted by molar-refractivity contribution is 0.0699. The Balaban J connectivity index is 2.29. The van der Waals surface area contributed by atoms with E-state index in [4.69, 9.17) is 4.74 Å². The number of benzene rings is 2. The van der Waals surface area contributed by atoms with E-state index in [0.717, 1.165) is 11.1 Å². The summed E-state index contributed by atoms with van der Waals surface area (Å²) in [4.78, 5) is 16.5. The van der Waals surface area contributed by atoms with Crippen LogP contribution in [0.1, 0.15) is 36.7 Å². The Hall–Kier alpha value is -2.88. The van der Waals surface area contributed by atoms with Crippen LogP contribution in [0.5, 0.6) is 5.75 Å². The number of carboxylic acids is 1. The van der Waals surface area contributed by atoms with Crippen molar-refractivity contribution in [1.29, 1.82) is 0 Å². The zero-order valence-corrected chi connectivity index (χ0v) is 14.8. The van der Waals surface area contributed by atoms with E-state index in [1.807, 2.05) is 42.5 Å². The summed E-state index contributed by atoms with van der Waals surface area (Å²) in [6, 6.07) is 14.9. The van der Waals surface area contributed by atoms with Crippen LogP contribution in [0, 0.1) is 0 Å². The average molecular weight is 335 g/mol. The predicted molar refractivity (Wildman–Crippen MR) is 99.4 cm³/mol. The summed E-state index contributed by atoms with van der Waals surface area (Å²) in [5.41, 5.74) is 3.28. The molecule has 0 unspecified atom stereocenters. The van der Waals surface area contributed by atoms with Crippen molar-refractivity contribution >= 4 is 16.9 Å². The lowest BCUT2D eigenvalue weighted by Crippen LogP contribution is -2.11. The maximum Gasteiger partial charge on any atom is 0.336 e. The molecule has 4 nitrogen and oxygen atoms in total. The molecule has 1 heterocycles. The fraction of sp³-hybridized carbons (Fsp3) is 0.238. The first-order valence-corrected chi connectivity index (χ1v) is 8.13. The molecule has 0 spiro atoms. The zero-order valence-electron chi connectivity index (χ0n) is 14.8. The minimum absolute atomic E-state index is 0.0642. The van der Waals surface area contributed by atoms with Gasteiger partial charge in [-0.25, -0.2) is 9.78 Å². The van der Waals surface area contributed by atoms with Gasteiger partial charge >= 0.3 is 5.97 Å². The van der Waals surface area contributed by atoms with Gasteiger partial charge in [0, 0.05) is 10.9 Å². The monoisotopic (exact) mass is 335 g/mol. The molecule has 128 valence electrons. The maximum absolute atomic E-state index is 11.9. The van der Waals surface area contributed by atoms with Crippen LogP contribution in [0.25, 0.3) is 22.2 Å². The first-order chi connectivity index (χ1) is 11.8. The third kappa shape index (κ3) is 3.20. The normalized spacial score (nSPS) is 11.5. The minimum atomic E-state index is -0.963. The second-order valence-corrected chi connectivity index (χ2v) is 7.04. The Bertz CT molecular complexity index is 955. The molecule has 0 aliphatic rings. The maximum atomic E-state index is 11.9. The molecule has 0 aliphatic heterocycles. The number of aromatic nitrogens is 1. The molecule has 0 saturated carbocycles. The summed E-state index contributed by atoms with van der Waals surface area (Å²) in [7, 11) is 1.59. The number of ether oxygens (including phenoxy) is 1. The first kappa shape index (κ1) is 17.0. The predicted octanol–water partition coefficient (Wildman–Crippen LogP) is 4.91. The number of pyridine rings is 1. The Kier molecular flexibility index (Phi) is 4.21. The first-order valence-electron chi connectivity index (χ1n) is 8.13. The molecular weight excluding hydrogens is 314 g/mol. The number of hydrogen-bond acceptors (Lipinski definition) is 3. The molecule has 2 aromatic carbocycles. The molecule has 0 amide bonds. The van der Waals surface area contributed by atoms with Crippen LogP contribution < -0.4 is 4.74 Å². The molecule has 0 bridgehead atoms. The second-order valence-electron chi connectivity index (χ2n) is 7.04. The van der Waals surface area contributed by atoms with Gasteiger partial charge in [-0.3, -0.25) is 0 Å². The average Bonchev–Trinajstić information content (AvgIpc) is 2.59. The molecule has 0 radical (unpaired) electrons. The Labute approximate surface area is 147 Å². The molecule has 1 N–H and O–H groups in total. The van der Waals surface area contributed by atoms with Gasteiger partial charge in [0.05, 0.1) is 23.9 Å². The topological polar surface area (TPSA) is 59.4 Å². The largest absolute Gasteiger partial charge is 0.496 e. The molecule has 25 heavy (non-hydrogen) atoms. The van der Waals surface area contributed by atoms with Gasteiger partial charge in [-0.15, -0.1) is 0 Å². The number of carbonyl (C=O) groups is 1. The van der Waals surface area contributed by atoms with E-state index in [-0.39, 0.29) is 11.0 Å². The quantitative estimate of drug-likeness (QED) is 0.739. The molecule has 0 saturated heterocycles. The standard InChI is InChI=1S/C21H21NO3/c1-21(2,3)13-9-10-17-15(11-13)16(20(23)24)12-18(22-17)14-7-5-6-8-19(14)25-4/h5-12H,1-4H3,(H,23,24). The van der Waals surface area contributed by atoms with Gasteiger partial charge in [-0.2, -0.15) is 0 Å². The van der Waals surface area contributed by atoms with Crippen molar-refractivity contribution < 1.29 is 14.6 Å². The van der Waals surface area contributed by atoms with Crippen LogP contribution in [0.3, 0.4) is 0 Å². The van der Waals surface area contributed by atoms with Gasteiger partial charge in [-0.05, 0) is 41.3 Å². The van der Waals surface area contributed by atoms with E-state index in [1.165, 1.54) is 0 Å². The molecule has 0 aliphatic carbocycles. The number of nitrogens with zero attached hydrogens (tertiary/aromatic N) is 1. The molecule has 0 fully saturated rings. The molecular formula is C21H21NO3. The number of carboxylic acid groups (broad SMARTS) is 1. The Morgan fingerprint density at radius 2 is 1.80 bits per heavy atom. The highest BCUT2D eigenvalue weighted by Gasteiger charge is 2.19. The van der Waals surface area contributed by atoms with Gasteiger partial charge in [0.25, 0.3) is 0 Å². The highest BCUT2D eigenvalue weighted by atomic mass is 16.5. The number of para-hydroxylation sites is 1. The molecule has 3 aromatic rings. The van der Waals surface area contributed by atoms with E-state index in [1.54, 1.807) is 13.2 Å². The number of fused-ring (bicyclic) bond motifs is 1. The highest BCUT2D eigenvalue weighted by molar-refractivity contribution is 6.04. The van der Waals surface area contributed by atoms with Crippen molar-refractivity contribution in [3.8, 4) is 17.0 Å². The van der Waals surface area contributed by atoms with Gasteiger partial charge in [0.1, 0.15) is 5.75 Å². The van der Waals surface area contributed by atoms with Crippen molar-refractivity contribution in [2.45, 2.75) is 26.2 Å². The van der Waals surface area contributed by atoms with Gasteiger partial charge in [0.2, 0.25) is 0 Å². The fourth-order valence-electron chi connectivity index (χ4n) is 2.86. The van der Waals surface area contributed by atoms with Crippen molar-refractivity contribution in [1.82, 2.24) is 4.98 Å². The summed E-state index contributed by atoms with van der Waals surface area (Å²) in [5, 5.41) is 10.4. The molecule has 4 heteroatoms. The van der Waals surface area contributed by atoms with Gasteiger partial charge < -0.3 is 9.84 Å². The summed E-state index contributed by atoms with van der Waals surface area (Å²) in [6.45, 7) is 6.31. The minimum Gasteiger partial charge on any atom is -0.496 e. The van der Waals surface area contributed by atoms with Crippen LogP contribution in [-0.2, 0) is 5.41 Å². The van der Waals surface area contributed by atoms with Crippen LogP contribution in [0.15, 0.2) is 48.5 Å². The lowest BCUT2D eigenvalue weighted by Gasteiger charge is -2.20. The number of rotatable bonds is 3. The third-order valence-electron chi connectivity index (χ3n) is 4.29. The van der Waals surface area contributed by atoms with Crippen LogP contribution in [0.4, 0.5) is 0 Å². The van der Waals surface area contributed by atoms with Crippen molar-refractivity contribution in [3.05, 3.63) is 59.7 Å². The zero-order chi connectivity index (χ0) is 18.2. The summed E-state index contributed by atoms with van der Waals surface area (Å²) in [6.07, 6.45) is 0. The van der Waals surface area contributed by atoms with Crippen LogP contribution in [0.2, 0.25) is 0 Å². The summed E-state index contributed by atoms with van der Waals surface area (Å²) < 4.78 is 5.39. The van der Waals surface area contributed by atoms with Crippen LogP contribution >= 0.6 is 0 Å². The van der Waals surface area contributed by atoms with E-state index in [9.17, 15) is 9.90 Å². The summed E-state index contributed by atoms with van der Waals surface area (Å²) >= 11 is 0. The smallest absolute Gasteiger partial charge is 0.336 e. The van der Waals surface area contributed by atoms with E-state index in [2.05, 4.69) is 25.8 Å². The molecule has 1 aromatic heterocycles. The van der Waals surface area contributed by atoms with Crippen molar-refractivity contribution in [2.24, 2.45) is 0 Å². The molecule has 3 rings (SSSR count). The summed E-state index contributed by atoms with van der Waals surface area (Å²) in [5.74, 6) is -0.299. The molecule has 0 atom stereocenters. The second kappa shape index (κ2) is 6.20. The Morgan fingerprint density at radius 1 is 1.08 bits per heavy atom. The number of methoxy groups -OCH3 is 1. The number of hydrogen-bond donors (Lipinski definition) is 1. The third-order valence-corrected chi connectivity index (χ3v) is 4.29. The van der Waals surface area contributed by atoms with Crippen molar-refractivity contribution in [3.63, 3.8) is 0 Å². The van der Waals surface area contributed by atoms with Crippen molar-refractivity contribution in [2.75, 3.05) is 7.11 Å². The SMILES string of the molecule is COc1ccccc1-c1cc(C(=O)O)c2cc(C(C)(C)C)ccc2n1. The highest BCUT2D eigenvalue weighted by Crippen LogP contribution is 2.33. The van der Waals surface area contributed by atoms with Gasteiger partial charge in [-0.1, -0.05) is 39.0 Å². The van der Waals surface area contributed by atoms with E-state index in [0.29, 0.717) is 22.3 Å². The fourth-order valence-corrected chi connectivity index (χ4v) is 2.86. The Morgan fingerprint density at radius 3 is 2.44 bits per heavy atom. The van der Waals surface area contributed by atoms with E-state index >= 15 is 0 Å². The van der Waals surface area contributed by atoms with E-state index < -0.39 is 5.97 Å². The number of aromatic carboxylic acids is 1. The van der Waals surface area contributed by atoms with Crippen LogP contribution in [-0.4, -0.2) is 23.2 Å². The van der Waals surface area contributed by atoms with Gasteiger partial charge in [0.15, 0.2) is 0 Å².